The zero-order valence-electron chi connectivity index (χ0n) is 12.8. The molecule has 1 aliphatic heterocycles. The Balaban J connectivity index is 2.31. The van der Waals surface area contributed by atoms with E-state index >= 15 is 0 Å². The van der Waals surface area contributed by atoms with Crippen molar-refractivity contribution in [3.05, 3.63) is 27.7 Å². The van der Waals surface area contributed by atoms with Gasteiger partial charge in [0.2, 0.25) is 0 Å². The van der Waals surface area contributed by atoms with Crippen LogP contribution in [0.4, 0.5) is 0 Å². The maximum absolute atomic E-state index is 5.91. The Morgan fingerprint density at radius 2 is 2.15 bits per heavy atom. The van der Waals surface area contributed by atoms with Crippen molar-refractivity contribution >= 4 is 15.9 Å². The Morgan fingerprint density at radius 3 is 2.80 bits per heavy atom. The molecule has 2 unspecified atom stereocenters. The fraction of sp³-hybridized carbons (Fsp3) is 0.647. The molecule has 20 heavy (non-hydrogen) atoms. The lowest BCUT2D eigenvalue weighted by Crippen LogP contribution is -2.25. The minimum absolute atomic E-state index is 0.385. The summed E-state index contributed by atoms with van der Waals surface area (Å²) in [6.45, 7) is 5.38. The number of ether oxygens (including phenoxy) is 1. The van der Waals surface area contributed by atoms with E-state index in [0.717, 1.165) is 18.8 Å². The van der Waals surface area contributed by atoms with Gasteiger partial charge >= 0.3 is 0 Å². The minimum atomic E-state index is 0.385. The van der Waals surface area contributed by atoms with E-state index in [1.165, 1.54) is 41.3 Å². The minimum Gasteiger partial charge on any atom is -0.493 e. The predicted octanol–water partition coefficient (Wildman–Crippen LogP) is 4.86. The normalized spacial score (nSPS) is 16.6. The molecule has 1 heterocycles. The standard InChI is InChI=1S/C17H26BrNO/c1-4-6-7-12(5-2)16(19-3)15-11-14(18)10-13-8-9-20-17(13)15/h10-12,16,19H,4-9H2,1-3H3. The molecule has 1 aromatic rings. The maximum Gasteiger partial charge on any atom is 0.127 e. The molecule has 0 radical (unpaired) electrons. The predicted molar refractivity (Wildman–Crippen MR) is 88.4 cm³/mol. The molecule has 0 saturated heterocycles. The molecule has 0 aromatic heterocycles. The molecular formula is C17H26BrNO. The van der Waals surface area contributed by atoms with Crippen LogP contribution in [0, 0.1) is 5.92 Å². The first-order valence-corrected chi connectivity index (χ1v) is 8.62. The van der Waals surface area contributed by atoms with Gasteiger partial charge in [0, 0.05) is 22.5 Å². The topological polar surface area (TPSA) is 21.3 Å². The summed E-state index contributed by atoms with van der Waals surface area (Å²) in [5, 5.41) is 3.53. The smallest absolute Gasteiger partial charge is 0.127 e. The zero-order chi connectivity index (χ0) is 14.5. The third kappa shape index (κ3) is 3.37. The third-order valence-corrected chi connectivity index (χ3v) is 4.81. The number of nitrogens with one attached hydrogen (secondary N) is 1. The van der Waals surface area contributed by atoms with E-state index in [4.69, 9.17) is 4.74 Å². The average Bonchev–Trinajstić information content (AvgIpc) is 2.90. The molecule has 0 fully saturated rings. The molecule has 0 amide bonds. The van der Waals surface area contributed by atoms with E-state index in [9.17, 15) is 0 Å². The molecule has 0 bridgehead atoms. The van der Waals surface area contributed by atoms with Crippen molar-refractivity contribution in [2.45, 2.75) is 52.0 Å². The lowest BCUT2D eigenvalue weighted by molar-refractivity contribution is 0.314. The van der Waals surface area contributed by atoms with Gasteiger partial charge in [-0.1, -0.05) is 49.0 Å². The lowest BCUT2D eigenvalue weighted by Gasteiger charge is -2.28. The maximum atomic E-state index is 5.91. The van der Waals surface area contributed by atoms with E-state index in [0.29, 0.717) is 12.0 Å². The van der Waals surface area contributed by atoms with Crippen LogP contribution in [0.25, 0.3) is 0 Å². The molecule has 3 heteroatoms. The van der Waals surface area contributed by atoms with Gasteiger partial charge < -0.3 is 10.1 Å². The number of rotatable bonds is 7. The molecule has 1 aliphatic rings. The summed E-state index contributed by atoms with van der Waals surface area (Å²) in [7, 11) is 2.07. The van der Waals surface area contributed by atoms with Gasteiger partial charge in [-0.15, -0.1) is 0 Å². The summed E-state index contributed by atoms with van der Waals surface area (Å²) in [6.07, 6.45) is 6.07. The molecule has 2 atom stereocenters. The van der Waals surface area contributed by atoms with Crippen molar-refractivity contribution in [3.8, 4) is 5.75 Å². The average molecular weight is 340 g/mol. The van der Waals surface area contributed by atoms with Gasteiger partial charge in [0.15, 0.2) is 0 Å². The molecule has 1 aromatic carbocycles. The summed E-state index contributed by atoms with van der Waals surface area (Å²) in [6, 6.07) is 4.82. The SMILES string of the molecule is CCCCC(CC)C(NC)c1cc(Br)cc2c1OCC2. The van der Waals surface area contributed by atoms with Crippen molar-refractivity contribution in [3.63, 3.8) is 0 Å². The van der Waals surface area contributed by atoms with E-state index in [1.807, 2.05) is 0 Å². The van der Waals surface area contributed by atoms with Crippen LogP contribution in [0.3, 0.4) is 0 Å². The molecule has 2 nitrogen and oxygen atoms in total. The second-order valence-electron chi connectivity index (χ2n) is 5.66. The van der Waals surface area contributed by atoms with Crippen molar-refractivity contribution in [2.24, 2.45) is 5.92 Å². The quantitative estimate of drug-likeness (QED) is 0.765. The third-order valence-electron chi connectivity index (χ3n) is 4.35. The van der Waals surface area contributed by atoms with E-state index < -0.39 is 0 Å². The highest BCUT2D eigenvalue weighted by atomic mass is 79.9. The number of benzene rings is 1. The highest BCUT2D eigenvalue weighted by molar-refractivity contribution is 9.10. The van der Waals surface area contributed by atoms with Crippen LogP contribution in [0.1, 0.15) is 56.7 Å². The molecular weight excluding hydrogens is 314 g/mol. The van der Waals surface area contributed by atoms with Crippen LogP contribution in [0.2, 0.25) is 0 Å². The monoisotopic (exact) mass is 339 g/mol. The van der Waals surface area contributed by atoms with Gasteiger partial charge in [0.1, 0.15) is 5.75 Å². The van der Waals surface area contributed by atoms with Gasteiger partial charge in [-0.25, -0.2) is 0 Å². The van der Waals surface area contributed by atoms with Crippen molar-refractivity contribution in [1.82, 2.24) is 5.32 Å². The molecule has 1 N–H and O–H groups in total. The highest BCUT2D eigenvalue weighted by Crippen LogP contribution is 2.40. The van der Waals surface area contributed by atoms with Crippen LogP contribution in [0.5, 0.6) is 5.75 Å². The molecule has 0 spiro atoms. The summed E-state index contributed by atoms with van der Waals surface area (Å²) >= 11 is 3.65. The fourth-order valence-electron chi connectivity index (χ4n) is 3.25. The van der Waals surface area contributed by atoms with Gasteiger partial charge in [0.25, 0.3) is 0 Å². The summed E-state index contributed by atoms with van der Waals surface area (Å²) in [5.74, 6) is 1.80. The Kier molecular flexibility index (Phi) is 5.91. The molecule has 0 aliphatic carbocycles. The van der Waals surface area contributed by atoms with E-state index in [-0.39, 0.29) is 0 Å². The molecule has 112 valence electrons. The number of hydrogen-bond acceptors (Lipinski definition) is 2. The number of hydrogen-bond donors (Lipinski definition) is 1. The Hall–Kier alpha value is -0.540. The number of fused-ring (bicyclic) bond motifs is 1. The van der Waals surface area contributed by atoms with Gasteiger partial charge in [-0.05, 0) is 37.1 Å². The summed E-state index contributed by atoms with van der Waals surface area (Å²) < 4.78 is 7.07. The molecule has 2 rings (SSSR count). The highest BCUT2D eigenvalue weighted by Gasteiger charge is 2.27. The van der Waals surface area contributed by atoms with Crippen LogP contribution >= 0.6 is 15.9 Å². The van der Waals surface area contributed by atoms with Crippen LogP contribution in [-0.4, -0.2) is 13.7 Å². The first kappa shape index (κ1) is 15.8. The first-order chi connectivity index (χ1) is 9.71. The van der Waals surface area contributed by atoms with Crippen LogP contribution < -0.4 is 10.1 Å². The van der Waals surface area contributed by atoms with Crippen molar-refractivity contribution in [1.29, 1.82) is 0 Å². The second-order valence-corrected chi connectivity index (χ2v) is 6.57. The summed E-state index contributed by atoms with van der Waals surface area (Å²) in [5.41, 5.74) is 2.68. The second kappa shape index (κ2) is 7.46. The fourth-order valence-corrected chi connectivity index (χ4v) is 3.77. The van der Waals surface area contributed by atoms with Crippen LogP contribution in [0.15, 0.2) is 16.6 Å². The lowest BCUT2D eigenvalue weighted by atomic mass is 9.86. The number of unbranched alkanes of at least 4 members (excludes halogenated alkanes) is 1. The van der Waals surface area contributed by atoms with E-state index in [1.54, 1.807) is 0 Å². The van der Waals surface area contributed by atoms with Crippen molar-refractivity contribution < 1.29 is 4.74 Å². The van der Waals surface area contributed by atoms with Crippen molar-refractivity contribution in [2.75, 3.05) is 13.7 Å². The summed E-state index contributed by atoms with van der Waals surface area (Å²) in [4.78, 5) is 0. The Bertz CT molecular complexity index is 447. The molecule has 0 saturated carbocycles. The van der Waals surface area contributed by atoms with Gasteiger partial charge in [-0.2, -0.15) is 0 Å². The zero-order valence-corrected chi connectivity index (χ0v) is 14.4. The Morgan fingerprint density at radius 1 is 1.35 bits per heavy atom. The Labute approximate surface area is 131 Å². The van der Waals surface area contributed by atoms with Crippen LogP contribution in [-0.2, 0) is 6.42 Å². The number of halogens is 1. The first-order valence-electron chi connectivity index (χ1n) is 7.83. The van der Waals surface area contributed by atoms with Gasteiger partial charge in [-0.3, -0.25) is 0 Å². The van der Waals surface area contributed by atoms with E-state index in [2.05, 4.69) is 54.3 Å². The largest absolute Gasteiger partial charge is 0.493 e. The van der Waals surface area contributed by atoms with Gasteiger partial charge in [0.05, 0.1) is 6.61 Å².